The Balaban J connectivity index is 2.00. The third-order valence-corrected chi connectivity index (χ3v) is 0.680. The van der Waals surface area contributed by atoms with E-state index in [-0.39, 0.29) is 0 Å². The van der Waals surface area contributed by atoms with Crippen LogP contribution in [0.5, 0.6) is 0 Å². The van der Waals surface area contributed by atoms with Crippen molar-refractivity contribution in [3.05, 3.63) is 6.61 Å². The highest BCUT2D eigenvalue weighted by Gasteiger charge is 1.95. The third kappa shape index (κ3) is 0.954. The lowest BCUT2D eigenvalue weighted by Crippen LogP contribution is -2.27. The highest BCUT2D eigenvalue weighted by molar-refractivity contribution is 4.60. The first-order chi connectivity index (χ1) is 3.00. The number of hydrogen-bond donors (Lipinski definition) is 1. The first-order valence-corrected chi connectivity index (χ1v) is 2.05. The Hall–Kier alpha value is -0.0800. The van der Waals surface area contributed by atoms with Gasteiger partial charge in [0.15, 0.2) is 0 Å². The molecule has 0 bridgehead atoms. The lowest BCUT2D eigenvalue weighted by molar-refractivity contribution is 0.167. The summed E-state index contributed by atoms with van der Waals surface area (Å²) in [6.07, 6.45) is 0. The van der Waals surface area contributed by atoms with Crippen molar-refractivity contribution in [1.29, 1.82) is 0 Å². The zero-order valence-corrected chi connectivity index (χ0v) is 3.53. The molecule has 0 atom stereocenters. The number of morpholine rings is 1. The highest BCUT2D eigenvalue weighted by Crippen LogP contribution is 1.82. The lowest BCUT2D eigenvalue weighted by atomic mass is 10.5. The van der Waals surface area contributed by atoms with Gasteiger partial charge in [-0.1, -0.05) is 0 Å². The van der Waals surface area contributed by atoms with E-state index >= 15 is 0 Å². The Kier molecular flexibility index (Phi) is 1.47. The van der Waals surface area contributed by atoms with E-state index in [9.17, 15) is 0 Å². The van der Waals surface area contributed by atoms with Crippen molar-refractivity contribution in [2.24, 2.45) is 0 Å². The van der Waals surface area contributed by atoms with Crippen LogP contribution in [0.15, 0.2) is 0 Å². The van der Waals surface area contributed by atoms with Crippen LogP contribution in [0.2, 0.25) is 0 Å². The maximum Gasteiger partial charge on any atom is 0.147 e. The Labute approximate surface area is 37.5 Å². The molecular weight excluding hydrogens is 78.0 g/mol. The summed E-state index contributed by atoms with van der Waals surface area (Å²) in [5, 5.41) is 3.05. The second-order valence-corrected chi connectivity index (χ2v) is 1.17. The minimum Gasteiger partial charge on any atom is -0.366 e. The quantitative estimate of drug-likeness (QED) is 0.434. The molecule has 1 aliphatic heterocycles. The van der Waals surface area contributed by atoms with Gasteiger partial charge in [-0.25, -0.2) is 0 Å². The maximum atomic E-state index is 4.76. The SMILES string of the molecule is [C]1CNCCO1. The Morgan fingerprint density at radius 3 is 2.83 bits per heavy atom. The monoisotopic (exact) mass is 85.1 g/mol. The van der Waals surface area contributed by atoms with Crippen molar-refractivity contribution in [1.82, 2.24) is 5.32 Å². The smallest absolute Gasteiger partial charge is 0.147 e. The van der Waals surface area contributed by atoms with Gasteiger partial charge in [0, 0.05) is 13.1 Å². The van der Waals surface area contributed by atoms with Crippen molar-refractivity contribution in [2.75, 3.05) is 19.7 Å². The Morgan fingerprint density at radius 1 is 1.67 bits per heavy atom. The number of rotatable bonds is 0. The predicted molar refractivity (Wildman–Crippen MR) is 22.1 cm³/mol. The molecule has 34 valence electrons. The van der Waals surface area contributed by atoms with Gasteiger partial charge in [-0.3, -0.25) is 0 Å². The largest absolute Gasteiger partial charge is 0.366 e. The van der Waals surface area contributed by atoms with Gasteiger partial charge < -0.3 is 10.1 Å². The van der Waals surface area contributed by atoms with E-state index in [1.54, 1.807) is 0 Å². The van der Waals surface area contributed by atoms with E-state index in [0.29, 0.717) is 0 Å². The highest BCUT2D eigenvalue weighted by atomic mass is 16.5. The second-order valence-electron chi connectivity index (χ2n) is 1.17. The fraction of sp³-hybridized carbons (Fsp3) is 0.750. The van der Waals surface area contributed by atoms with Gasteiger partial charge in [0.1, 0.15) is 6.61 Å². The molecule has 1 heterocycles. The standard InChI is InChI=1S/C4H7NO/c1-3-6-4-2-5-1/h5H,1-3H2. The molecule has 1 fully saturated rings. The molecule has 1 N–H and O–H groups in total. The number of hydrogen-bond acceptors (Lipinski definition) is 2. The Bertz CT molecular complexity index is 23.0. The molecule has 2 nitrogen and oxygen atoms in total. The molecule has 2 radical (unpaired) electrons. The van der Waals surface area contributed by atoms with Gasteiger partial charge >= 0.3 is 0 Å². The van der Waals surface area contributed by atoms with Gasteiger partial charge in [0.2, 0.25) is 0 Å². The molecule has 0 aromatic rings. The molecule has 0 aliphatic carbocycles. The summed E-state index contributed by atoms with van der Waals surface area (Å²) in [7, 11) is 0. The second kappa shape index (κ2) is 2.16. The molecule has 6 heavy (non-hydrogen) atoms. The van der Waals surface area contributed by atoms with Crippen molar-refractivity contribution in [3.63, 3.8) is 0 Å². The first-order valence-electron chi connectivity index (χ1n) is 2.05. The van der Waals surface area contributed by atoms with Crippen molar-refractivity contribution < 1.29 is 4.74 Å². The molecule has 0 aromatic heterocycles. The van der Waals surface area contributed by atoms with Gasteiger partial charge in [-0.05, 0) is 0 Å². The average Bonchev–Trinajstić information content (AvgIpc) is 1.72. The molecule has 0 saturated carbocycles. The Morgan fingerprint density at radius 2 is 2.67 bits per heavy atom. The molecule has 1 saturated heterocycles. The van der Waals surface area contributed by atoms with E-state index in [1.165, 1.54) is 0 Å². The zero-order chi connectivity index (χ0) is 4.24. The van der Waals surface area contributed by atoms with Crippen LogP contribution in [0, 0.1) is 6.61 Å². The third-order valence-electron chi connectivity index (χ3n) is 0.680. The normalized spacial score (nSPS) is 24.0. The van der Waals surface area contributed by atoms with E-state index in [1.807, 2.05) is 0 Å². The minimum absolute atomic E-state index is 0.778. The van der Waals surface area contributed by atoms with Crippen LogP contribution in [0.4, 0.5) is 0 Å². The first kappa shape index (κ1) is 4.09. The van der Waals surface area contributed by atoms with Crippen LogP contribution in [-0.4, -0.2) is 19.7 Å². The molecule has 0 spiro atoms. The molecule has 2 heteroatoms. The summed E-state index contributed by atoms with van der Waals surface area (Å²) in [6.45, 7) is 5.19. The van der Waals surface area contributed by atoms with E-state index in [4.69, 9.17) is 4.74 Å². The maximum absolute atomic E-state index is 4.76. The fourth-order valence-electron chi connectivity index (χ4n) is 0.386. The van der Waals surface area contributed by atoms with E-state index in [0.717, 1.165) is 19.7 Å². The van der Waals surface area contributed by atoms with Crippen LogP contribution >= 0.6 is 0 Å². The van der Waals surface area contributed by atoms with Gasteiger partial charge in [0.05, 0.1) is 6.61 Å². The zero-order valence-electron chi connectivity index (χ0n) is 3.53. The predicted octanol–water partition coefficient (Wildman–Crippen LogP) is -0.355. The van der Waals surface area contributed by atoms with Crippen molar-refractivity contribution in [2.45, 2.75) is 0 Å². The minimum atomic E-state index is 0.778. The van der Waals surface area contributed by atoms with Crippen LogP contribution < -0.4 is 5.32 Å². The van der Waals surface area contributed by atoms with Crippen LogP contribution in [0.1, 0.15) is 0 Å². The lowest BCUT2D eigenvalue weighted by Gasteiger charge is -2.08. The van der Waals surface area contributed by atoms with Gasteiger partial charge in [0.25, 0.3) is 0 Å². The molecular formula is C4H7NO. The summed E-state index contributed by atoms with van der Waals surface area (Å²) < 4.78 is 4.76. The fourth-order valence-corrected chi connectivity index (χ4v) is 0.386. The molecule has 1 rings (SSSR count). The number of nitrogens with one attached hydrogen (secondary N) is 1. The summed E-state index contributed by atoms with van der Waals surface area (Å²) in [5.41, 5.74) is 0. The van der Waals surface area contributed by atoms with E-state index < -0.39 is 0 Å². The van der Waals surface area contributed by atoms with Crippen LogP contribution in [-0.2, 0) is 4.74 Å². The summed E-state index contributed by atoms with van der Waals surface area (Å²) in [4.78, 5) is 0. The molecule has 0 unspecified atom stereocenters. The topological polar surface area (TPSA) is 21.3 Å². The average molecular weight is 85.1 g/mol. The summed E-state index contributed by atoms with van der Waals surface area (Å²) >= 11 is 0. The van der Waals surface area contributed by atoms with Gasteiger partial charge in [-0.2, -0.15) is 0 Å². The van der Waals surface area contributed by atoms with E-state index in [2.05, 4.69) is 11.9 Å². The molecule has 0 aromatic carbocycles. The van der Waals surface area contributed by atoms with Crippen molar-refractivity contribution in [3.8, 4) is 0 Å². The van der Waals surface area contributed by atoms with Gasteiger partial charge in [-0.15, -0.1) is 0 Å². The molecule has 1 aliphatic rings. The summed E-state index contributed by atoms with van der Waals surface area (Å²) in [6, 6.07) is 0. The molecule has 0 amide bonds. The number of ether oxygens (including phenoxy) is 1. The summed E-state index contributed by atoms with van der Waals surface area (Å²) in [5.74, 6) is 0. The van der Waals surface area contributed by atoms with Crippen molar-refractivity contribution >= 4 is 0 Å². The van der Waals surface area contributed by atoms with Crippen LogP contribution in [0.3, 0.4) is 0 Å². The van der Waals surface area contributed by atoms with Crippen LogP contribution in [0.25, 0.3) is 0 Å².